The van der Waals surface area contributed by atoms with Crippen molar-refractivity contribution in [1.29, 1.82) is 5.26 Å². The lowest BCUT2D eigenvalue weighted by molar-refractivity contribution is 0.464. The van der Waals surface area contributed by atoms with E-state index in [4.69, 9.17) is 40.1 Å². The number of halogens is 3. The zero-order valence-electron chi connectivity index (χ0n) is 9.72. The molecule has 1 aromatic carbocycles. The average molecular weight is 304 g/mol. The van der Waals surface area contributed by atoms with Crippen LogP contribution in [0.5, 0.6) is 0 Å². The summed E-state index contributed by atoms with van der Waals surface area (Å²) in [6.07, 6.45) is 3.08. The molecule has 18 heavy (non-hydrogen) atoms. The summed E-state index contributed by atoms with van der Waals surface area (Å²) in [5.41, 5.74) is 0.800. The third kappa shape index (κ3) is 2.92. The number of nitriles is 1. The van der Waals surface area contributed by atoms with Gasteiger partial charge in [-0.25, -0.2) is 0 Å². The summed E-state index contributed by atoms with van der Waals surface area (Å²) in [6.45, 7) is 0.543. The number of hydrogen-bond donors (Lipinski definition) is 1. The van der Waals surface area contributed by atoms with Crippen molar-refractivity contribution in [2.24, 2.45) is 5.92 Å². The van der Waals surface area contributed by atoms with Crippen LogP contribution in [0.3, 0.4) is 0 Å². The second-order valence-electron chi connectivity index (χ2n) is 4.48. The molecule has 5 heteroatoms. The summed E-state index contributed by atoms with van der Waals surface area (Å²) >= 11 is 18.2. The molecule has 1 aliphatic carbocycles. The minimum atomic E-state index is 0.0849. The molecule has 1 aliphatic rings. The molecule has 1 saturated carbocycles. The predicted molar refractivity (Wildman–Crippen MR) is 75.1 cm³/mol. The van der Waals surface area contributed by atoms with Crippen molar-refractivity contribution in [3.8, 4) is 6.07 Å². The Hall–Kier alpha value is -0.460. The van der Waals surface area contributed by atoms with Crippen molar-refractivity contribution in [2.75, 3.05) is 0 Å². The second kappa shape index (κ2) is 6.12. The van der Waals surface area contributed by atoms with Crippen molar-refractivity contribution in [3.05, 3.63) is 32.8 Å². The number of rotatable bonds is 3. The van der Waals surface area contributed by atoms with Crippen LogP contribution in [-0.4, -0.2) is 6.04 Å². The minimum absolute atomic E-state index is 0.0849. The minimum Gasteiger partial charge on any atom is -0.309 e. The van der Waals surface area contributed by atoms with Crippen molar-refractivity contribution >= 4 is 34.8 Å². The van der Waals surface area contributed by atoms with Crippen LogP contribution in [0.2, 0.25) is 15.1 Å². The molecule has 2 atom stereocenters. The molecule has 0 aromatic heterocycles. The third-order valence-electron chi connectivity index (χ3n) is 3.36. The molecule has 1 fully saturated rings. The first-order valence-electron chi connectivity index (χ1n) is 5.89. The zero-order chi connectivity index (χ0) is 13.1. The molecule has 0 bridgehead atoms. The highest BCUT2D eigenvalue weighted by atomic mass is 35.5. The predicted octanol–water partition coefficient (Wildman–Crippen LogP) is 4.43. The van der Waals surface area contributed by atoms with E-state index in [1.165, 1.54) is 0 Å². The summed E-state index contributed by atoms with van der Waals surface area (Å²) in [5, 5.41) is 14.0. The van der Waals surface area contributed by atoms with Crippen molar-refractivity contribution in [2.45, 2.75) is 31.8 Å². The molecular formula is C13H13Cl3N2. The highest BCUT2D eigenvalue weighted by Crippen LogP contribution is 2.32. The first-order valence-corrected chi connectivity index (χ1v) is 7.02. The number of nitrogens with zero attached hydrogens (tertiary/aromatic N) is 1. The summed E-state index contributed by atoms with van der Waals surface area (Å²) in [5.74, 6) is 0.0849. The molecule has 0 amide bonds. The highest BCUT2D eigenvalue weighted by Gasteiger charge is 2.26. The Morgan fingerprint density at radius 2 is 1.94 bits per heavy atom. The molecule has 0 aliphatic heterocycles. The highest BCUT2D eigenvalue weighted by molar-refractivity contribution is 6.44. The van der Waals surface area contributed by atoms with Crippen LogP contribution < -0.4 is 5.32 Å². The summed E-state index contributed by atoms with van der Waals surface area (Å²) in [6, 6.07) is 5.98. The van der Waals surface area contributed by atoms with E-state index in [1.54, 1.807) is 12.1 Å². The van der Waals surface area contributed by atoms with Crippen LogP contribution in [0.25, 0.3) is 0 Å². The quantitative estimate of drug-likeness (QED) is 0.839. The van der Waals surface area contributed by atoms with Gasteiger partial charge in [0.05, 0.1) is 22.0 Å². The SMILES string of the molecule is N#CC1CCCC1NCc1c(Cl)ccc(Cl)c1Cl. The molecule has 2 unspecified atom stereocenters. The molecule has 0 radical (unpaired) electrons. The van der Waals surface area contributed by atoms with E-state index in [0.29, 0.717) is 21.6 Å². The Morgan fingerprint density at radius 3 is 2.67 bits per heavy atom. The summed E-state index contributed by atoms with van der Waals surface area (Å²) in [4.78, 5) is 0. The molecule has 2 rings (SSSR count). The first-order chi connectivity index (χ1) is 8.63. The second-order valence-corrected chi connectivity index (χ2v) is 5.67. The summed E-state index contributed by atoms with van der Waals surface area (Å²) in [7, 11) is 0. The first kappa shape index (κ1) is 14.0. The lowest BCUT2D eigenvalue weighted by Crippen LogP contribution is -2.31. The van der Waals surface area contributed by atoms with E-state index in [9.17, 15) is 0 Å². The molecule has 96 valence electrons. The van der Waals surface area contributed by atoms with Crippen molar-refractivity contribution in [1.82, 2.24) is 5.32 Å². The van der Waals surface area contributed by atoms with E-state index in [-0.39, 0.29) is 12.0 Å². The van der Waals surface area contributed by atoms with Crippen LogP contribution in [-0.2, 0) is 6.54 Å². The standard InChI is InChI=1S/C13H13Cl3N2/c14-10-4-5-11(15)13(16)9(10)7-18-12-3-1-2-8(12)6-17/h4-5,8,12,18H,1-3,7H2. The number of nitrogens with one attached hydrogen (secondary N) is 1. The van der Waals surface area contributed by atoms with Crippen LogP contribution in [0, 0.1) is 17.2 Å². The number of benzene rings is 1. The largest absolute Gasteiger partial charge is 0.309 e. The van der Waals surface area contributed by atoms with E-state index in [1.807, 2.05) is 0 Å². The fraction of sp³-hybridized carbons (Fsp3) is 0.462. The van der Waals surface area contributed by atoms with Gasteiger partial charge in [0.1, 0.15) is 0 Å². The third-order valence-corrected chi connectivity index (χ3v) is 4.56. The molecule has 1 aromatic rings. The lowest BCUT2D eigenvalue weighted by Gasteiger charge is -2.17. The normalized spacial score (nSPS) is 23.0. The van der Waals surface area contributed by atoms with Crippen LogP contribution in [0.4, 0.5) is 0 Å². The smallest absolute Gasteiger partial charge is 0.0672 e. The molecule has 0 saturated heterocycles. The molecule has 1 N–H and O–H groups in total. The Balaban J connectivity index is 2.07. The topological polar surface area (TPSA) is 35.8 Å². The van der Waals surface area contributed by atoms with Crippen molar-refractivity contribution in [3.63, 3.8) is 0 Å². The molecular weight excluding hydrogens is 291 g/mol. The summed E-state index contributed by atoms with van der Waals surface area (Å²) < 4.78 is 0. The van der Waals surface area contributed by atoms with Gasteiger partial charge in [0.25, 0.3) is 0 Å². The zero-order valence-corrected chi connectivity index (χ0v) is 12.0. The van der Waals surface area contributed by atoms with Gasteiger partial charge in [0, 0.05) is 23.2 Å². The van der Waals surface area contributed by atoms with Gasteiger partial charge in [-0.05, 0) is 25.0 Å². The average Bonchev–Trinajstić information content (AvgIpc) is 2.81. The maximum atomic E-state index is 9.02. The van der Waals surface area contributed by atoms with E-state index in [0.717, 1.165) is 24.8 Å². The molecule has 0 spiro atoms. The maximum absolute atomic E-state index is 9.02. The Kier molecular flexibility index (Phi) is 4.75. The fourth-order valence-corrected chi connectivity index (χ4v) is 3.00. The van der Waals surface area contributed by atoms with Gasteiger partial charge in [-0.1, -0.05) is 41.2 Å². The Morgan fingerprint density at radius 1 is 1.22 bits per heavy atom. The van der Waals surface area contributed by atoms with E-state index < -0.39 is 0 Å². The maximum Gasteiger partial charge on any atom is 0.0672 e. The van der Waals surface area contributed by atoms with Gasteiger partial charge in [-0.15, -0.1) is 0 Å². The van der Waals surface area contributed by atoms with Crippen molar-refractivity contribution < 1.29 is 0 Å². The van der Waals surface area contributed by atoms with Gasteiger partial charge in [-0.2, -0.15) is 5.26 Å². The van der Waals surface area contributed by atoms with Gasteiger partial charge in [0.15, 0.2) is 0 Å². The van der Waals surface area contributed by atoms with Crippen LogP contribution in [0.1, 0.15) is 24.8 Å². The number of hydrogen-bond acceptors (Lipinski definition) is 2. The fourth-order valence-electron chi connectivity index (χ4n) is 2.32. The lowest BCUT2D eigenvalue weighted by atomic mass is 10.1. The van der Waals surface area contributed by atoms with Crippen LogP contribution >= 0.6 is 34.8 Å². The van der Waals surface area contributed by atoms with Gasteiger partial charge < -0.3 is 5.32 Å². The molecule has 2 nitrogen and oxygen atoms in total. The Bertz CT molecular complexity index is 482. The molecule has 0 heterocycles. The monoisotopic (exact) mass is 302 g/mol. The van der Waals surface area contributed by atoms with Crippen LogP contribution in [0.15, 0.2) is 12.1 Å². The Labute approximate surface area is 122 Å². The van der Waals surface area contributed by atoms with E-state index in [2.05, 4.69) is 11.4 Å². The van der Waals surface area contributed by atoms with Gasteiger partial charge in [0.2, 0.25) is 0 Å². The van der Waals surface area contributed by atoms with E-state index >= 15 is 0 Å². The van der Waals surface area contributed by atoms with Gasteiger partial charge in [-0.3, -0.25) is 0 Å². The van der Waals surface area contributed by atoms with Gasteiger partial charge >= 0.3 is 0 Å².